The van der Waals surface area contributed by atoms with E-state index in [1.807, 2.05) is 6.07 Å². The molecule has 94 valence electrons. The Balaban J connectivity index is 2.06. The van der Waals surface area contributed by atoms with Crippen LogP contribution in [0, 0.1) is 11.3 Å². The van der Waals surface area contributed by atoms with Crippen molar-refractivity contribution in [1.29, 1.82) is 5.26 Å². The van der Waals surface area contributed by atoms with Gasteiger partial charge in [-0.05, 0) is 18.6 Å². The van der Waals surface area contributed by atoms with Crippen molar-refractivity contribution >= 4 is 17.4 Å². The molecule has 1 saturated heterocycles. The van der Waals surface area contributed by atoms with Crippen molar-refractivity contribution < 1.29 is 4.79 Å². The van der Waals surface area contributed by atoms with Crippen molar-refractivity contribution in [3.05, 3.63) is 17.8 Å². The Kier molecular flexibility index (Phi) is 3.33. The first-order valence-corrected chi connectivity index (χ1v) is 5.77. The maximum atomic E-state index is 11.4. The Hall–Kier alpha value is -2.29. The molecular formula is C12H15N5O. The molecule has 1 atom stereocenters. The summed E-state index contributed by atoms with van der Waals surface area (Å²) < 4.78 is 0. The zero-order valence-corrected chi connectivity index (χ0v) is 10.2. The number of hydrogen-bond acceptors (Lipinski definition) is 5. The molecule has 6 heteroatoms. The summed E-state index contributed by atoms with van der Waals surface area (Å²) in [6, 6.07) is 5.51. The Morgan fingerprint density at radius 3 is 3.06 bits per heavy atom. The summed E-state index contributed by atoms with van der Waals surface area (Å²) in [5.74, 6) is 0.782. The van der Waals surface area contributed by atoms with Gasteiger partial charge in [0.15, 0.2) is 5.69 Å². The summed E-state index contributed by atoms with van der Waals surface area (Å²) in [6.07, 6.45) is 1.31. The van der Waals surface area contributed by atoms with Gasteiger partial charge in [0.2, 0.25) is 5.91 Å². The molecule has 18 heavy (non-hydrogen) atoms. The van der Waals surface area contributed by atoms with Gasteiger partial charge in [-0.3, -0.25) is 4.79 Å². The fourth-order valence-electron chi connectivity index (χ4n) is 1.98. The lowest BCUT2D eigenvalue weighted by Crippen LogP contribution is -2.43. The summed E-state index contributed by atoms with van der Waals surface area (Å²) in [5.41, 5.74) is 6.20. The summed E-state index contributed by atoms with van der Waals surface area (Å²) in [4.78, 5) is 17.2. The molecule has 0 spiro atoms. The number of nitrogens with zero attached hydrogens (tertiary/aromatic N) is 3. The van der Waals surface area contributed by atoms with Crippen LogP contribution in [0.2, 0.25) is 0 Å². The number of nitrogen functional groups attached to an aromatic ring is 1. The normalized spacial score (nSPS) is 19.4. The second-order valence-electron chi connectivity index (χ2n) is 4.40. The number of hydrogen-bond donors (Lipinski definition) is 2. The molecule has 1 amide bonds. The number of anilines is 2. The van der Waals surface area contributed by atoms with Gasteiger partial charge in [-0.15, -0.1) is 0 Å². The van der Waals surface area contributed by atoms with Gasteiger partial charge >= 0.3 is 0 Å². The van der Waals surface area contributed by atoms with E-state index < -0.39 is 0 Å². The Labute approximate surface area is 105 Å². The first-order valence-electron chi connectivity index (χ1n) is 5.77. The Morgan fingerprint density at radius 2 is 2.39 bits per heavy atom. The topological polar surface area (TPSA) is 95.0 Å². The zero-order chi connectivity index (χ0) is 13.1. The molecular weight excluding hydrogens is 230 g/mol. The van der Waals surface area contributed by atoms with E-state index in [1.165, 1.54) is 0 Å². The average molecular weight is 245 g/mol. The fourth-order valence-corrected chi connectivity index (χ4v) is 1.98. The number of pyridine rings is 1. The highest BCUT2D eigenvalue weighted by molar-refractivity contribution is 5.77. The molecule has 0 aromatic carbocycles. The largest absolute Gasteiger partial charge is 0.396 e. The average Bonchev–Trinajstić information content (AvgIpc) is 2.36. The van der Waals surface area contributed by atoms with Crippen LogP contribution in [0.4, 0.5) is 11.5 Å². The van der Waals surface area contributed by atoms with E-state index >= 15 is 0 Å². The van der Waals surface area contributed by atoms with Crippen molar-refractivity contribution in [3.63, 3.8) is 0 Å². The van der Waals surface area contributed by atoms with Crippen molar-refractivity contribution in [2.75, 3.05) is 24.6 Å². The monoisotopic (exact) mass is 245 g/mol. The van der Waals surface area contributed by atoms with Crippen molar-refractivity contribution in [2.45, 2.75) is 18.9 Å². The molecule has 1 unspecified atom stereocenters. The molecule has 3 N–H and O–H groups in total. The first kappa shape index (κ1) is 12.2. The van der Waals surface area contributed by atoms with Gasteiger partial charge in [0.25, 0.3) is 0 Å². The summed E-state index contributed by atoms with van der Waals surface area (Å²) in [6.45, 7) is 0.646. The molecule has 0 aliphatic carbocycles. The van der Waals surface area contributed by atoms with Crippen LogP contribution in [0.15, 0.2) is 12.1 Å². The van der Waals surface area contributed by atoms with Crippen molar-refractivity contribution in [1.82, 2.24) is 9.88 Å². The molecule has 1 aromatic heterocycles. The Morgan fingerprint density at radius 1 is 1.61 bits per heavy atom. The highest BCUT2D eigenvalue weighted by Crippen LogP contribution is 2.17. The molecule has 1 aliphatic heterocycles. The van der Waals surface area contributed by atoms with Crippen LogP contribution >= 0.6 is 0 Å². The number of nitrogens with two attached hydrogens (primary N) is 1. The number of nitriles is 1. The minimum absolute atomic E-state index is 0.162. The van der Waals surface area contributed by atoms with Crippen LogP contribution in [-0.2, 0) is 4.79 Å². The second kappa shape index (κ2) is 4.92. The summed E-state index contributed by atoms with van der Waals surface area (Å²) in [5, 5.41) is 12.1. The third-order valence-electron chi connectivity index (χ3n) is 3.01. The van der Waals surface area contributed by atoms with Crippen LogP contribution in [-0.4, -0.2) is 35.4 Å². The predicted molar refractivity (Wildman–Crippen MR) is 67.6 cm³/mol. The van der Waals surface area contributed by atoms with E-state index in [1.54, 1.807) is 24.1 Å². The van der Waals surface area contributed by atoms with Crippen LogP contribution in [0.5, 0.6) is 0 Å². The lowest BCUT2D eigenvalue weighted by Gasteiger charge is -2.30. The predicted octanol–water partition coefficient (Wildman–Crippen LogP) is 0.568. The highest BCUT2D eigenvalue weighted by Gasteiger charge is 2.22. The van der Waals surface area contributed by atoms with Crippen LogP contribution in [0.25, 0.3) is 0 Å². The van der Waals surface area contributed by atoms with Crippen LogP contribution < -0.4 is 11.1 Å². The van der Waals surface area contributed by atoms with Crippen LogP contribution in [0.1, 0.15) is 18.5 Å². The molecule has 1 aliphatic rings. The number of likely N-dealkylation sites (N-methyl/N-ethyl adjacent to an activating group) is 1. The molecule has 2 rings (SSSR count). The lowest BCUT2D eigenvalue weighted by molar-refractivity contribution is -0.132. The van der Waals surface area contributed by atoms with E-state index in [0.29, 0.717) is 24.5 Å². The number of carbonyl (C=O) groups is 1. The molecule has 1 fully saturated rings. The molecule has 0 radical (unpaired) electrons. The third kappa shape index (κ3) is 2.51. The minimum Gasteiger partial charge on any atom is -0.396 e. The van der Waals surface area contributed by atoms with E-state index in [-0.39, 0.29) is 17.6 Å². The van der Waals surface area contributed by atoms with Crippen molar-refractivity contribution in [2.24, 2.45) is 0 Å². The smallest absolute Gasteiger partial charge is 0.222 e. The third-order valence-corrected chi connectivity index (χ3v) is 3.01. The standard InChI is InChI=1S/C12H15N5O/c1-17-7-8(2-5-12(17)18)15-11-4-3-9(14)10(6-13)16-11/h3-4,8H,2,5,7,14H2,1H3,(H,15,16). The maximum absolute atomic E-state index is 11.4. The van der Waals surface area contributed by atoms with Gasteiger partial charge in [-0.2, -0.15) is 5.26 Å². The Bertz CT molecular complexity index is 508. The number of nitrogens with one attached hydrogen (secondary N) is 1. The SMILES string of the molecule is CN1CC(Nc2ccc(N)c(C#N)n2)CCC1=O. The highest BCUT2D eigenvalue weighted by atomic mass is 16.2. The van der Waals surface area contributed by atoms with Gasteiger partial charge in [0.05, 0.1) is 5.69 Å². The summed E-state index contributed by atoms with van der Waals surface area (Å²) in [7, 11) is 1.79. The zero-order valence-electron chi connectivity index (χ0n) is 10.2. The molecule has 6 nitrogen and oxygen atoms in total. The van der Waals surface area contributed by atoms with Crippen LogP contribution in [0.3, 0.4) is 0 Å². The van der Waals surface area contributed by atoms with Crippen molar-refractivity contribution in [3.8, 4) is 6.07 Å². The van der Waals surface area contributed by atoms with E-state index in [2.05, 4.69) is 10.3 Å². The number of amides is 1. The lowest BCUT2D eigenvalue weighted by atomic mass is 10.1. The van der Waals surface area contributed by atoms with Gasteiger partial charge in [-0.25, -0.2) is 4.98 Å². The van der Waals surface area contributed by atoms with Gasteiger partial charge in [-0.1, -0.05) is 0 Å². The van der Waals surface area contributed by atoms with E-state index in [4.69, 9.17) is 11.0 Å². The van der Waals surface area contributed by atoms with E-state index in [9.17, 15) is 4.79 Å². The first-order chi connectivity index (χ1) is 8.60. The number of carbonyl (C=O) groups excluding carboxylic acids is 1. The quantitative estimate of drug-likeness (QED) is 0.794. The van der Waals surface area contributed by atoms with Gasteiger partial charge < -0.3 is 16.0 Å². The minimum atomic E-state index is 0.162. The molecule has 1 aromatic rings. The number of rotatable bonds is 2. The van der Waals surface area contributed by atoms with E-state index in [0.717, 1.165) is 6.42 Å². The molecule has 0 saturated carbocycles. The molecule has 0 bridgehead atoms. The number of aromatic nitrogens is 1. The summed E-state index contributed by atoms with van der Waals surface area (Å²) >= 11 is 0. The number of piperidine rings is 1. The van der Waals surface area contributed by atoms with Gasteiger partial charge in [0, 0.05) is 26.1 Å². The fraction of sp³-hybridized carbons (Fsp3) is 0.417. The van der Waals surface area contributed by atoms with Gasteiger partial charge in [0.1, 0.15) is 11.9 Å². The molecule has 2 heterocycles. The second-order valence-corrected chi connectivity index (χ2v) is 4.40. The maximum Gasteiger partial charge on any atom is 0.222 e. The number of likely N-dealkylation sites (tertiary alicyclic amines) is 1.